The molecule has 0 amide bonds. The highest BCUT2D eigenvalue weighted by Gasteiger charge is 2.26. The minimum Gasteiger partial charge on any atom is -0.508 e. The number of hydrogen-bond donors (Lipinski definition) is 7. The first kappa shape index (κ1) is 48.9. The molecular formula is C51H67N3O8. The van der Waals surface area contributed by atoms with Crippen molar-refractivity contribution in [3.05, 3.63) is 135 Å². The third-order valence-corrected chi connectivity index (χ3v) is 10.2. The fourth-order valence-corrected chi connectivity index (χ4v) is 6.79. The standard InChI is InChI=1S/C33H39N3O6.C18H28O2/c1-34-16-22-4-7-31(37)25(10-22)19-40-28-13-29(41-20-26-11-23(17-35-2)5-8-32(26)38)15-30(14-28)42-21-27-12-24(18-36-3)6-9-33(27)39;1-12(19)8-9-13-10-14(17(2,3)4)16(20)15(11-13)18(5,6)7/h4-15,34-39H,16-21H2,1-3H3;10-11,20H,8-9H2,1-7H3. The van der Waals surface area contributed by atoms with Gasteiger partial charge in [0.25, 0.3) is 0 Å². The van der Waals surface area contributed by atoms with Gasteiger partial charge in [-0.3, -0.25) is 0 Å². The zero-order valence-electron chi connectivity index (χ0n) is 38.2. The van der Waals surface area contributed by atoms with Crippen molar-refractivity contribution in [3.8, 4) is 40.2 Å². The van der Waals surface area contributed by atoms with Crippen LogP contribution in [0.1, 0.15) is 105 Å². The van der Waals surface area contributed by atoms with Gasteiger partial charge in [-0.2, -0.15) is 0 Å². The molecule has 0 heterocycles. The fourth-order valence-electron chi connectivity index (χ4n) is 6.79. The third kappa shape index (κ3) is 14.7. The number of ketones is 1. The Balaban J connectivity index is 0.000000354. The zero-order valence-corrected chi connectivity index (χ0v) is 38.2. The highest BCUT2D eigenvalue weighted by molar-refractivity contribution is 5.75. The van der Waals surface area contributed by atoms with Gasteiger partial charge < -0.3 is 55.4 Å². The van der Waals surface area contributed by atoms with E-state index in [0.717, 1.165) is 39.8 Å². The topological polar surface area (TPSA) is 162 Å². The third-order valence-electron chi connectivity index (χ3n) is 10.2. The molecular weight excluding hydrogens is 783 g/mol. The molecule has 11 heteroatoms. The van der Waals surface area contributed by atoms with Crippen LogP contribution in [0.3, 0.4) is 0 Å². The van der Waals surface area contributed by atoms with E-state index < -0.39 is 0 Å². The number of ether oxygens (including phenoxy) is 3. The van der Waals surface area contributed by atoms with Gasteiger partial charge in [0.1, 0.15) is 65.9 Å². The van der Waals surface area contributed by atoms with E-state index in [1.807, 2.05) is 69.7 Å². The maximum Gasteiger partial charge on any atom is 0.130 e. The second-order valence-electron chi connectivity index (χ2n) is 17.7. The van der Waals surface area contributed by atoms with Crippen molar-refractivity contribution in [1.29, 1.82) is 0 Å². The van der Waals surface area contributed by atoms with E-state index in [1.54, 1.807) is 43.3 Å². The number of aromatic hydroxyl groups is 4. The molecule has 0 aliphatic rings. The summed E-state index contributed by atoms with van der Waals surface area (Å²) >= 11 is 0. The van der Waals surface area contributed by atoms with Gasteiger partial charge >= 0.3 is 0 Å². The van der Waals surface area contributed by atoms with Crippen molar-refractivity contribution in [2.45, 2.75) is 112 Å². The molecule has 5 aromatic carbocycles. The summed E-state index contributed by atoms with van der Waals surface area (Å²) in [6.07, 6.45) is 1.29. The number of nitrogens with one attached hydrogen (secondary N) is 3. The maximum atomic E-state index is 11.2. The number of carbonyl (C=O) groups is 1. The van der Waals surface area contributed by atoms with Crippen LogP contribution >= 0.6 is 0 Å². The lowest BCUT2D eigenvalue weighted by Gasteiger charge is -2.28. The Bertz CT molecular complexity index is 2040. The molecule has 5 aromatic rings. The van der Waals surface area contributed by atoms with Crippen molar-refractivity contribution in [2.75, 3.05) is 21.1 Å². The van der Waals surface area contributed by atoms with Crippen LogP contribution < -0.4 is 30.2 Å². The lowest BCUT2D eigenvalue weighted by molar-refractivity contribution is -0.116. The normalized spacial score (nSPS) is 11.5. The largest absolute Gasteiger partial charge is 0.508 e. The predicted octanol–water partition coefficient (Wildman–Crippen LogP) is 9.21. The molecule has 0 radical (unpaired) electrons. The highest BCUT2D eigenvalue weighted by atomic mass is 16.5. The van der Waals surface area contributed by atoms with Crippen molar-refractivity contribution in [1.82, 2.24) is 16.0 Å². The average Bonchev–Trinajstić information content (AvgIpc) is 3.20. The second-order valence-corrected chi connectivity index (χ2v) is 17.7. The molecule has 0 aliphatic heterocycles. The molecule has 0 aliphatic carbocycles. The van der Waals surface area contributed by atoms with Crippen LogP contribution in [0.5, 0.6) is 40.2 Å². The Morgan fingerprint density at radius 2 is 0.823 bits per heavy atom. The van der Waals surface area contributed by atoms with Gasteiger partial charge in [0.2, 0.25) is 0 Å². The summed E-state index contributed by atoms with van der Waals surface area (Å²) in [6, 6.07) is 25.5. The minimum atomic E-state index is -0.115. The maximum absolute atomic E-state index is 11.2. The molecule has 0 aromatic heterocycles. The first-order valence-corrected chi connectivity index (χ1v) is 21.1. The summed E-state index contributed by atoms with van der Waals surface area (Å²) in [5.74, 6) is 2.46. The van der Waals surface area contributed by atoms with Gasteiger partial charge in [0, 0.05) is 60.9 Å². The van der Waals surface area contributed by atoms with E-state index in [0.29, 0.717) is 65.7 Å². The monoisotopic (exact) mass is 849 g/mol. The molecule has 11 nitrogen and oxygen atoms in total. The molecule has 0 saturated carbocycles. The summed E-state index contributed by atoms with van der Waals surface area (Å²) in [6.45, 7) is 16.6. The molecule has 5 rings (SSSR count). The summed E-state index contributed by atoms with van der Waals surface area (Å²) in [5, 5.41) is 51.0. The van der Waals surface area contributed by atoms with Gasteiger partial charge in [-0.05, 0) is 115 Å². The molecule has 0 atom stereocenters. The van der Waals surface area contributed by atoms with Gasteiger partial charge in [-0.25, -0.2) is 0 Å². The first-order chi connectivity index (χ1) is 29.3. The Morgan fingerprint density at radius 1 is 0.500 bits per heavy atom. The predicted molar refractivity (Wildman–Crippen MR) is 247 cm³/mol. The van der Waals surface area contributed by atoms with E-state index in [4.69, 9.17) is 14.2 Å². The SMILES string of the molecule is CC(=O)CCc1cc(C(C)(C)C)c(O)c(C(C)(C)C)c1.CNCc1ccc(O)c(COc2cc(OCc3cc(CNC)ccc3O)cc(OCc3cc(CNC)ccc3O)c2)c1. The van der Waals surface area contributed by atoms with Crippen LogP contribution in [0.15, 0.2) is 84.9 Å². The van der Waals surface area contributed by atoms with Crippen LogP contribution in [0.4, 0.5) is 0 Å². The van der Waals surface area contributed by atoms with Crippen LogP contribution in [-0.2, 0) is 61.5 Å². The quantitative estimate of drug-likeness (QED) is 0.0450. The molecule has 62 heavy (non-hydrogen) atoms. The van der Waals surface area contributed by atoms with Gasteiger partial charge in [-0.1, -0.05) is 71.9 Å². The van der Waals surface area contributed by atoms with Crippen molar-refractivity contribution in [3.63, 3.8) is 0 Å². The molecule has 0 saturated heterocycles. The van der Waals surface area contributed by atoms with Crippen LogP contribution in [-0.4, -0.2) is 47.4 Å². The van der Waals surface area contributed by atoms with Crippen LogP contribution in [0.2, 0.25) is 0 Å². The number of hydrogen-bond acceptors (Lipinski definition) is 11. The summed E-state index contributed by atoms with van der Waals surface area (Å²) in [7, 11) is 5.59. The summed E-state index contributed by atoms with van der Waals surface area (Å²) < 4.78 is 18.3. The van der Waals surface area contributed by atoms with E-state index in [-0.39, 0.29) is 53.7 Å². The Morgan fingerprint density at radius 3 is 1.10 bits per heavy atom. The first-order valence-electron chi connectivity index (χ1n) is 21.1. The number of phenolic OH excluding ortho intramolecular Hbond substituents is 4. The number of benzene rings is 5. The number of phenols is 4. The number of aryl methyl sites for hydroxylation is 1. The Kier molecular flexibility index (Phi) is 17.7. The molecule has 334 valence electrons. The smallest absolute Gasteiger partial charge is 0.130 e. The second kappa shape index (κ2) is 22.4. The van der Waals surface area contributed by atoms with Gasteiger partial charge in [0.15, 0.2) is 0 Å². The Hall–Kier alpha value is -5.75. The van der Waals surface area contributed by atoms with E-state index >= 15 is 0 Å². The van der Waals surface area contributed by atoms with Crippen molar-refractivity contribution < 1.29 is 39.4 Å². The number of rotatable bonds is 18. The zero-order chi connectivity index (χ0) is 45.6. The molecule has 0 fully saturated rings. The Labute approximate surface area is 368 Å². The van der Waals surface area contributed by atoms with Gasteiger partial charge in [0.05, 0.1) is 0 Å². The molecule has 7 N–H and O–H groups in total. The summed E-state index contributed by atoms with van der Waals surface area (Å²) in [4.78, 5) is 11.2. The van der Waals surface area contributed by atoms with E-state index in [2.05, 4.69) is 57.5 Å². The fraction of sp³-hybridized carbons (Fsp3) is 0.392. The molecule has 0 unspecified atom stereocenters. The number of carbonyl (C=O) groups excluding carboxylic acids is 1. The van der Waals surface area contributed by atoms with Gasteiger partial charge in [-0.15, -0.1) is 0 Å². The lowest BCUT2D eigenvalue weighted by Crippen LogP contribution is -2.18. The van der Waals surface area contributed by atoms with Crippen LogP contribution in [0.25, 0.3) is 0 Å². The molecule has 0 bridgehead atoms. The van der Waals surface area contributed by atoms with E-state index in [1.165, 1.54) is 0 Å². The average molecular weight is 850 g/mol. The minimum absolute atomic E-state index is 0.115. The lowest BCUT2D eigenvalue weighted by atomic mass is 9.78. The highest BCUT2D eigenvalue weighted by Crippen LogP contribution is 2.40. The van der Waals surface area contributed by atoms with Crippen molar-refractivity contribution in [2.24, 2.45) is 0 Å². The van der Waals surface area contributed by atoms with Crippen molar-refractivity contribution >= 4 is 5.78 Å². The number of Topliss-reactive ketones (excluding diaryl/α,β-unsaturated/α-hetero) is 1. The van der Waals surface area contributed by atoms with E-state index in [9.17, 15) is 25.2 Å². The molecule has 0 spiro atoms. The van der Waals surface area contributed by atoms with Crippen LogP contribution in [0, 0.1) is 0 Å². The summed E-state index contributed by atoms with van der Waals surface area (Å²) in [5.41, 5.74) is 7.84.